The van der Waals surface area contributed by atoms with Crippen LogP contribution in [0.2, 0.25) is 0 Å². The van der Waals surface area contributed by atoms with Crippen molar-refractivity contribution in [2.24, 2.45) is 5.92 Å². The van der Waals surface area contributed by atoms with Crippen molar-refractivity contribution in [3.63, 3.8) is 0 Å². The van der Waals surface area contributed by atoms with E-state index in [0.29, 0.717) is 19.8 Å². The number of nitrogens with zero attached hydrogens (tertiary/aromatic N) is 1. The minimum absolute atomic E-state index is 0.0530. The minimum Gasteiger partial charge on any atom is -0.465 e. The van der Waals surface area contributed by atoms with Crippen LogP contribution in [0.1, 0.15) is 0 Å². The highest BCUT2D eigenvalue weighted by Crippen LogP contribution is 2.08. The third-order valence-corrected chi connectivity index (χ3v) is 2.69. The molecule has 0 radical (unpaired) electrons. The summed E-state index contributed by atoms with van der Waals surface area (Å²) in [5, 5.41) is 8.82. The molecule has 1 amide bonds. The maximum absolute atomic E-state index is 10.8. The van der Waals surface area contributed by atoms with Gasteiger partial charge in [0.2, 0.25) is 0 Å². The molecule has 1 aliphatic rings. The zero-order valence-corrected chi connectivity index (χ0v) is 9.77. The summed E-state index contributed by atoms with van der Waals surface area (Å²) < 4.78 is 31.4. The zero-order chi connectivity index (χ0) is 12.2. The largest absolute Gasteiger partial charge is 0.465 e. The van der Waals surface area contributed by atoms with Crippen LogP contribution in [0.25, 0.3) is 0 Å². The average molecular weight is 253 g/mol. The Morgan fingerprint density at radius 3 is 2.88 bits per heavy atom. The summed E-state index contributed by atoms with van der Waals surface area (Å²) in [6, 6.07) is 0. The molecule has 8 heteroatoms. The van der Waals surface area contributed by atoms with E-state index in [-0.39, 0.29) is 19.1 Å². The normalized spacial score (nSPS) is 22.8. The zero-order valence-electron chi connectivity index (χ0n) is 8.96. The van der Waals surface area contributed by atoms with Crippen molar-refractivity contribution in [3.8, 4) is 0 Å². The molecular weight excluding hydrogens is 238 g/mol. The summed E-state index contributed by atoms with van der Waals surface area (Å²) in [6.07, 6.45) is -0.0747. The molecule has 1 fully saturated rings. The van der Waals surface area contributed by atoms with Gasteiger partial charge in [-0.3, -0.25) is 4.18 Å². The first kappa shape index (κ1) is 13.2. The predicted octanol–water partition coefficient (Wildman–Crippen LogP) is -0.411. The monoisotopic (exact) mass is 253 g/mol. The predicted molar refractivity (Wildman–Crippen MR) is 54.7 cm³/mol. The van der Waals surface area contributed by atoms with E-state index in [4.69, 9.17) is 9.84 Å². The van der Waals surface area contributed by atoms with E-state index in [1.165, 1.54) is 4.90 Å². The fourth-order valence-electron chi connectivity index (χ4n) is 1.37. The number of amides is 1. The van der Waals surface area contributed by atoms with Crippen LogP contribution in [-0.4, -0.2) is 63.7 Å². The van der Waals surface area contributed by atoms with E-state index in [1.54, 1.807) is 0 Å². The first-order valence-electron chi connectivity index (χ1n) is 4.78. The van der Waals surface area contributed by atoms with E-state index in [0.717, 1.165) is 6.26 Å². The maximum Gasteiger partial charge on any atom is 0.407 e. The second kappa shape index (κ2) is 5.46. The standard InChI is InChI=1S/C8H15NO6S/c1-16(12,13)15-6-7-4-9(8(10)11)2-3-14-5-7/h7H,2-6H2,1H3,(H,10,11). The number of carbonyl (C=O) groups is 1. The fourth-order valence-corrected chi connectivity index (χ4v) is 1.81. The Balaban J connectivity index is 2.49. The number of carboxylic acid groups (broad SMARTS) is 1. The second-order valence-corrected chi connectivity index (χ2v) is 5.30. The lowest BCUT2D eigenvalue weighted by atomic mass is 10.2. The molecule has 0 aromatic rings. The van der Waals surface area contributed by atoms with Crippen molar-refractivity contribution < 1.29 is 27.2 Å². The van der Waals surface area contributed by atoms with E-state index in [2.05, 4.69) is 4.18 Å². The Morgan fingerprint density at radius 2 is 2.31 bits per heavy atom. The molecule has 0 aromatic carbocycles. The molecule has 0 spiro atoms. The van der Waals surface area contributed by atoms with Gasteiger partial charge in [0.25, 0.3) is 10.1 Å². The van der Waals surface area contributed by atoms with Gasteiger partial charge in [-0.05, 0) is 0 Å². The molecule has 0 aliphatic carbocycles. The second-order valence-electron chi connectivity index (χ2n) is 3.66. The van der Waals surface area contributed by atoms with Gasteiger partial charge in [-0.1, -0.05) is 0 Å². The average Bonchev–Trinajstić information content (AvgIpc) is 2.38. The van der Waals surface area contributed by atoms with Gasteiger partial charge in [0.1, 0.15) is 0 Å². The maximum atomic E-state index is 10.8. The lowest BCUT2D eigenvalue weighted by Crippen LogP contribution is -2.36. The summed E-state index contributed by atoms with van der Waals surface area (Å²) in [5.41, 5.74) is 0. The molecule has 1 atom stereocenters. The van der Waals surface area contributed by atoms with Gasteiger partial charge in [-0.2, -0.15) is 8.42 Å². The van der Waals surface area contributed by atoms with Gasteiger partial charge in [-0.15, -0.1) is 0 Å². The number of rotatable bonds is 3. The number of ether oxygens (including phenoxy) is 1. The fraction of sp³-hybridized carbons (Fsp3) is 0.875. The summed E-state index contributed by atoms with van der Waals surface area (Å²) in [5.74, 6) is -0.256. The third-order valence-electron chi connectivity index (χ3n) is 2.13. The number of hydrogen-bond acceptors (Lipinski definition) is 5. The van der Waals surface area contributed by atoms with Crippen molar-refractivity contribution in [2.75, 3.05) is 39.2 Å². The van der Waals surface area contributed by atoms with Gasteiger partial charge >= 0.3 is 6.09 Å². The van der Waals surface area contributed by atoms with Crippen LogP contribution < -0.4 is 0 Å². The van der Waals surface area contributed by atoms with E-state index < -0.39 is 16.2 Å². The van der Waals surface area contributed by atoms with Crippen LogP contribution in [0.5, 0.6) is 0 Å². The van der Waals surface area contributed by atoms with Crippen LogP contribution in [0, 0.1) is 5.92 Å². The Bertz CT molecular complexity index is 340. The van der Waals surface area contributed by atoms with Gasteiger partial charge in [-0.25, -0.2) is 4.79 Å². The number of hydrogen-bond donors (Lipinski definition) is 1. The van der Waals surface area contributed by atoms with Crippen molar-refractivity contribution >= 4 is 16.2 Å². The van der Waals surface area contributed by atoms with Gasteiger partial charge < -0.3 is 14.7 Å². The molecule has 1 rings (SSSR count). The van der Waals surface area contributed by atoms with E-state index in [9.17, 15) is 13.2 Å². The highest BCUT2D eigenvalue weighted by Gasteiger charge is 2.23. The minimum atomic E-state index is -3.49. The Morgan fingerprint density at radius 1 is 1.62 bits per heavy atom. The summed E-state index contributed by atoms with van der Waals surface area (Å²) in [7, 11) is -3.49. The quantitative estimate of drug-likeness (QED) is 0.687. The SMILES string of the molecule is CS(=O)(=O)OCC1COCCN(C(=O)O)C1. The topological polar surface area (TPSA) is 93.1 Å². The Hall–Kier alpha value is -0.860. The molecule has 1 unspecified atom stereocenters. The lowest BCUT2D eigenvalue weighted by molar-refractivity contribution is 0.103. The van der Waals surface area contributed by atoms with Crippen molar-refractivity contribution in [1.29, 1.82) is 0 Å². The third kappa shape index (κ3) is 4.77. The molecule has 0 aromatic heterocycles. The van der Waals surface area contributed by atoms with Gasteiger partial charge in [0.05, 0.1) is 26.1 Å². The molecule has 1 N–H and O–H groups in total. The Labute approximate surface area is 94.1 Å². The molecule has 1 saturated heterocycles. The lowest BCUT2D eigenvalue weighted by Gasteiger charge is -2.19. The van der Waals surface area contributed by atoms with Crippen LogP contribution >= 0.6 is 0 Å². The molecule has 1 aliphatic heterocycles. The molecular formula is C8H15NO6S. The van der Waals surface area contributed by atoms with E-state index in [1.807, 2.05) is 0 Å². The van der Waals surface area contributed by atoms with Crippen molar-refractivity contribution in [1.82, 2.24) is 4.90 Å². The van der Waals surface area contributed by atoms with Crippen LogP contribution in [-0.2, 0) is 19.0 Å². The Kier molecular flexibility index (Phi) is 4.51. The highest BCUT2D eigenvalue weighted by atomic mass is 32.2. The first-order valence-corrected chi connectivity index (χ1v) is 6.60. The molecule has 1 heterocycles. The molecule has 16 heavy (non-hydrogen) atoms. The van der Waals surface area contributed by atoms with Crippen molar-refractivity contribution in [2.45, 2.75) is 0 Å². The first-order chi connectivity index (χ1) is 7.38. The molecule has 0 bridgehead atoms. The van der Waals surface area contributed by atoms with Gasteiger partial charge in [0.15, 0.2) is 0 Å². The van der Waals surface area contributed by atoms with Crippen LogP contribution in [0.15, 0.2) is 0 Å². The molecule has 0 saturated carbocycles. The molecule has 94 valence electrons. The van der Waals surface area contributed by atoms with Crippen LogP contribution in [0.3, 0.4) is 0 Å². The summed E-state index contributed by atoms with van der Waals surface area (Å²) >= 11 is 0. The summed E-state index contributed by atoms with van der Waals surface area (Å²) in [6.45, 7) is 1.10. The van der Waals surface area contributed by atoms with E-state index >= 15 is 0 Å². The summed E-state index contributed by atoms with van der Waals surface area (Å²) in [4.78, 5) is 12.0. The van der Waals surface area contributed by atoms with Gasteiger partial charge in [0, 0.05) is 19.0 Å². The van der Waals surface area contributed by atoms with Crippen molar-refractivity contribution in [3.05, 3.63) is 0 Å². The van der Waals surface area contributed by atoms with Crippen LogP contribution in [0.4, 0.5) is 4.79 Å². The smallest absolute Gasteiger partial charge is 0.407 e. The molecule has 7 nitrogen and oxygen atoms in total. The highest BCUT2D eigenvalue weighted by molar-refractivity contribution is 7.85.